The molecular formula is C13H26N6. The summed E-state index contributed by atoms with van der Waals surface area (Å²) in [5.41, 5.74) is 0. The fourth-order valence-electron chi connectivity index (χ4n) is 2.14. The number of rotatable bonds is 0. The number of hydrogen-bond donors (Lipinski definition) is 0. The molecule has 0 aromatic rings. The third kappa shape index (κ3) is 11.6. The molecule has 0 saturated heterocycles. The van der Waals surface area contributed by atoms with E-state index in [-0.39, 0.29) is 0 Å². The molecule has 108 valence electrons. The molecule has 0 bridgehead atoms. The van der Waals surface area contributed by atoms with Gasteiger partial charge >= 0.3 is 0 Å². The van der Waals surface area contributed by atoms with Gasteiger partial charge in [0.2, 0.25) is 0 Å². The zero-order valence-corrected chi connectivity index (χ0v) is 11.9. The van der Waals surface area contributed by atoms with E-state index >= 15 is 0 Å². The Morgan fingerprint density at radius 2 is 0.632 bits per heavy atom. The van der Waals surface area contributed by atoms with Gasteiger partial charge in [-0.2, -0.15) is 10.2 Å². The lowest BCUT2D eigenvalue weighted by Gasteiger charge is -2.01. The van der Waals surface area contributed by atoms with E-state index in [9.17, 15) is 0 Å². The first-order chi connectivity index (χ1) is 9.50. The summed E-state index contributed by atoms with van der Waals surface area (Å²) in [4.78, 5) is 0. The highest BCUT2D eigenvalue weighted by Gasteiger charge is 1.93. The van der Waals surface area contributed by atoms with Crippen LogP contribution >= 0.6 is 0 Å². The summed E-state index contributed by atoms with van der Waals surface area (Å²) < 4.78 is 0. The minimum Gasteiger partial charge on any atom is -0.167 e. The van der Waals surface area contributed by atoms with Gasteiger partial charge in [-0.25, -0.2) is 0 Å². The summed E-state index contributed by atoms with van der Waals surface area (Å²) in [5, 5.41) is 21.9. The lowest BCUT2D eigenvalue weighted by Crippen LogP contribution is -1.84. The van der Waals surface area contributed by atoms with Gasteiger partial charge in [-0.1, -0.05) is 57.8 Å². The number of hydrogen-bond acceptors (Lipinski definition) is 6. The van der Waals surface area contributed by atoms with E-state index in [1.807, 2.05) is 0 Å². The molecule has 1 rings (SSSR count). The zero-order chi connectivity index (χ0) is 13.4. The van der Waals surface area contributed by atoms with Crippen LogP contribution in [0.4, 0.5) is 0 Å². The predicted molar refractivity (Wildman–Crippen MR) is 75.1 cm³/mol. The van der Waals surface area contributed by atoms with E-state index in [1.165, 1.54) is 57.8 Å². The molecule has 1 heterocycles. The molecule has 0 aromatic carbocycles. The summed E-state index contributed by atoms with van der Waals surface area (Å²) in [7, 11) is 0. The predicted octanol–water partition coefficient (Wildman–Crippen LogP) is 5.48. The Bertz CT molecular complexity index is 248. The van der Waals surface area contributed by atoms with E-state index in [2.05, 4.69) is 31.1 Å². The molecule has 6 heteroatoms. The molecular weight excluding hydrogens is 240 g/mol. The summed E-state index contributed by atoms with van der Waals surface area (Å²) in [6.07, 6.45) is 14.1. The minimum absolute atomic E-state index is 0.732. The van der Waals surface area contributed by atoms with Crippen LogP contribution in [0, 0.1) is 0 Å². The van der Waals surface area contributed by atoms with E-state index in [0.29, 0.717) is 0 Å². The fraction of sp³-hybridized carbons (Fsp3) is 1.00. The monoisotopic (exact) mass is 266 g/mol. The highest BCUT2D eigenvalue weighted by Crippen LogP contribution is 2.11. The SMILES string of the molecule is C1CCCCCCN=N/N=N\N=NCCCCCC1. The van der Waals surface area contributed by atoms with Crippen LogP contribution in [-0.2, 0) is 0 Å². The van der Waals surface area contributed by atoms with Crippen molar-refractivity contribution in [2.45, 2.75) is 70.6 Å². The molecule has 1 aliphatic rings. The van der Waals surface area contributed by atoms with Crippen molar-refractivity contribution in [3.8, 4) is 0 Å². The smallest absolute Gasteiger partial charge is 0.0621 e. The topological polar surface area (TPSA) is 74.2 Å². The molecule has 0 saturated carbocycles. The molecule has 0 aromatic heterocycles. The molecule has 0 atom stereocenters. The average Bonchev–Trinajstić information content (AvgIpc) is 2.43. The van der Waals surface area contributed by atoms with Gasteiger partial charge in [-0.15, -0.1) is 0 Å². The van der Waals surface area contributed by atoms with Crippen LogP contribution in [0.2, 0.25) is 0 Å². The lowest BCUT2D eigenvalue weighted by molar-refractivity contribution is 0.546. The molecule has 0 radical (unpaired) electrons. The zero-order valence-electron chi connectivity index (χ0n) is 11.9. The van der Waals surface area contributed by atoms with E-state index in [1.54, 1.807) is 0 Å². The molecule has 0 aliphatic carbocycles. The van der Waals surface area contributed by atoms with Gasteiger partial charge in [-0.05, 0) is 33.7 Å². The van der Waals surface area contributed by atoms with Gasteiger partial charge in [0, 0.05) is 0 Å². The Morgan fingerprint density at radius 1 is 0.316 bits per heavy atom. The van der Waals surface area contributed by atoms with Gasteiger partial charge in [0.15, 0.2) is 0 Å². The van der Waals surface area contributed by atoms with Crippen molar-refractivity contribution in [3.63, 3.8) is 0 Å². The van der Waals surface area contributed by atoms with Gasteiger partial charge in [0.05, 0.1) is 13.1 Å². The maximum Gasteiger partial charge on any atom is 0.0621 e. The van der Waals surface area contributed by atoms with Crippen LogP contribution < -0.4 is 0 Å². The van der Waals surface area contributed by atoms with E-state index < -0.39 is 0 Å². The van der Waals surface area contributed by atoms with Crippen LogP contribution in [-0.4, -0.2) is 13.1 Å². The van der Waals surface area contributed by atoms with Crippen molar-refractivity contribution in [1.29, 1.82) is 0 Å². The van der Waals surface area contributed by atoms with Crippen LogP contribution in [0.15, 0.2) is 31.1 Å². The highest BCUT2D eigenvalue weighted by atomic mass is 15.6. The van der Waals surface area contributed by atoms with Crippen LogP contribution in [0.5, 0.6) is 0 Å². The second kappa shape index (κ2) is 13.2. The van der Waals surface area contributed by atoms with Gasteiger partial charge in [-0.3, -0.25) is 0 Å². The van der Waals surface area contributed by atoms with Crippen molar-refractivity contribution < 1.29 is 0 Å². The molecule has 19 heavy (non-hydrogen) atoms. The van der Waals surface area contributed by atoms with Gasteiger partial charge < -0.3 is 0 Å². The molecule has 0 N–H and O–H groups in total. The van der Waals surface area contributed by atoms with Gasteiger partial charge in [0.25, 0.3) is 0 Å². The van der Waals surface area contributed by atoms with Crippen molar-refractivity contribution in [2.24, 2.45) is 31.1 Å². The van der Waals surface area contributed by atoms with Crippen LogP contribution in [0.1, 0.15) is 70.6 Å². The Labute approximate surface area is 115 Å². The van der Waals surface area contributed by atoms with E-state index in [4.69, 9.17) is 0 Å². The molecule has 0 unspecified atom stereocenters. The normalized spacial score (nSPS) is 23.2. The maximum atomic E-state index is 3.91. The van der Waals surface area contributed by atoms with Crippen LogP contribution in [0.25, 0.3) is 0 Å². The number of nitrogens with zero attached hydrogens (tertiary/aromatic N) is 6. The quantitative estimate of drug-likeness (QED) is 0.557. The second-order valence-electron chi connectivity index (χ2n) is 4.98. The third-order valence-electron chi connectivity index (χ3n) is 3.26. The first-order valence-corrected chi connectivity index (χ1v) is 7.63. The van der Waals surface area contributed by atoms with Crippen LogP contribution in [0.3, 0.4) is 0 Å². The summed E-state index contributed by atoms with van der Waals surface area (Å²) in [6.45, 7) is 1.46. The summed E-state index contributed by atoms with van der Waals surface area (Å²) in [5.74, 6) is 0. The maximum absolute atomic E-state index is 3.91. The largest absolute Gasteiger partial charge is 0.167 e. The first kappa shape index (κ1) is 15.9. The summed E-state index contributed by atoms with van der Waals surface area (Å²) in [6, 6.07) is 0. The molecule has 6 nitrogen and oxygen atoms in total. The van der Waals surface area contributed by atoms with E-state index in [0.717, 1.165) is 25.9 Å². The average molecular weight is 266 g/mol. The Kier molecular flexibility index (Phi) is 11.0. The minimum atomic E-state index is 0.732. The van der Waals surface area contributed by atoms with Gasteiger partial charge in [0.1, 0.15) is 0 Å². The van der Waals surface area contributed by atoms with Crippen molar-refractivity contribution in [2.75, 3.05) is 13.1 Å². The molecule has 1 aliphatic heterocycles. The fourth-order valence-corrected chi connectivity index (χ4v) is 2.14. The third-order valence-corrected chi connectivity index (χ3v) is 3.26. The Morgan fingerprint density at radius 3 is 1.00 bits per heavy atom. The van der Waals surface area contributed by atoms with Crippen molar-refractivity contribution in [3.05, 3.63) is 0 Å². The summed E-state index contributed by atoms with van der Waals surface area (Å²) >= 11 is 0. The first-order valence-electron chi connectivity index (χ1n) is 7.63. The standard InChI is InChI=1S/C13H26N6/c1-2-4-6-8-10-12-14-16-18-19-17-15-13-11-9-7-5-3-1/h1-13H2/b16-14?,17-15?,19-18-. The molecule has 0 fully saturated rings. The van der Waals surface area contributed by atoms with Crippen molar-refractivity contribution in [1.82, 2.24) is 0 Å². The molecule has 0 amide bonds. The molecule has 0 spiro atoms. The Balaban J connectivity index is 2.19. The lowest BCUT2D eigenvalue weighted by atomic mass is 10.1. The highest BCUT2D eigenvalue weighted by molar-refractivity contribution is 4.50. The van der Waals surface area contributed by atoms with Crippen molar-refractivity contribution >= 4 is 0 Å². The Hall–Kier alpha value is -1.20. The second-order valence-corrected chi connectivity index (χ2v) is 4.98.